The minimum atomic E-state index is -0.243. The van der Waals surface area contributed by atoms with Crippen LogP contribution in [0.3, 0.4) is 0 Å². The highest BCUT2D eigenvalue weighted by molar-refractivity contribution is 7.10. The summed E-state index contributed by atoms with van der Waals surface area (Å²) in [5, 5.41) is 7.26. The maximum atomic E-state index is 12.0. The first kappa shape index (κ1) is 12.9. The molecular weight excluding hydrogens is 272 g/mol. The van der Waals surface area contributed by atoms with Gasteiger partial charge in [-0.15, -0.1) is 5.10 Å². The summed E-state index contributed by atoms with van der Waals surface area (Å²) in [6.45, 7) is 3.99. The largest absolute Gasteiger partial charge is 0.311 e. The van der Waals surface area contributed by atoms with Gasteiger partial charge in [0.25, 0.3) is 5.91 Å². The van der Waals surface area contributed by atoms with Crippen LogP contribution >= 0.6 is 23.1 Å². The quantitative estimate of drug-likeness (QED) is 0.879. The van der Waals surface area contributed by atoms with Gasteiger partial charge in [-0.2, -0.15) is 0 Å². The van der Waals surface area contributed by atoms with Gasteiger partial charge in [0.2, 0.25) is 0 Å². The van der Waals surface area contributed by atoms with Gasteiger partial charge in [-0.1, -0.05) is 29.9 Å². The molecule has 2 rings (SSSR count). The number of hydrogen-bond donors (Lipinski definition) is 1. The Morgan fingerprint density at radius 3 is 2.83 bits per heavy atom. The lowest BCUT2D eigenvalue weighted by molar-refractivity contribution is 0.102. The van der Waals surface area contributed by atoms with Crippen molar-refractivity contribution in [2.75, 3.05) is 5.32 Å². The van der Waals surface area contributed by atoms with Crippen LogP contribution in [0.2, 0.25) is 5.15 Å². The van der Waals surface area contributed by atoms with Crippen LogP contribution in [-0.4, -0.2) is 20.5 Å². The Balaban J connectivity index is 2.24. The molecule has 7 heteroatoms. The molecule has 0 atom stereocenters. The lowest BCUT2D eigenvalue weighted by atomic mass is 10.1. The molecule has 0 aliphatic carbocycles. The molecule has 0 bridgehead atoms. The Morgan fingerprint density at radius 2 is 2.22 bits per heavy atom. The summed E-state index contributed by atoms with van der Waals surface area (Å²) < 4.78 is 3.67. The fourth-order valence-electron chi connectivity index (χ4n) is 1.35. The number of hydrogen-bond acceptors (Lipinski definition) is 5. The summed E-state index contributed by atoms with van der Waals surface area (Å²) in [5.41, 5.74) is 1.27. The molecule has 5 nitrogen and oxygen atoms in total. The molecule has 0 saturated heterocycles. The number of carbonyl (C=O) groups is 1. The first-order valence-corrected chi connectivity index (χ1v) is 6.47. The number of nitrogens with zero attached hydrogens (tertiary/aromatic N) is 3. The summed E-state index contributed by atoms with van der Waals surface area (Å²) in [7, 11) is 0. The third kappa shape index (κ3) is 3.02. The highest BCUT2D eigenvalue weighted by atomic mass is 35.5. The van der Waals surface area contributed by atoms with Gasteiger partial charge in [-0.25, -0.2) is 4.98 Å². The van der Waals surface area contributed by atoms with E-state index in [-0.39, 0.29) is 11.8 Å². The molecule has 18 heavy (non-hydrogen) atoms. The van der Waals surface area contributed by atoms with Crippen molar-refractivity contribution in [3.05, 3.63) is 34.7 Å². The standard InChI is InChI=1S/C11H11ClN4OS/c1-6(2)8-3-7(4-9(12)14-8)11(17)15-10-5-13-16-18-10/h3-6H,1-2H3,(H,15,17). The van der Waals surface area contributed by atoms with Crippen LogP contribution in [-0.2, 0) is 0 Å². The molecule has 0 unspecified atom stereocenters. The molecule has 0 fully saturated rings. The summed E-state index contributed by atoms with van der Waals surface area (Å²) in [5.74, 6) is -0.0347. The van der Waals surface area contributed by atoms with Crippen molar-refractivity contribution >= 4 is 34.0 Å². The Morgan fingerprint density at radius 1 is 1.44 bits per heavy atom. The minimum Gasteiger partial charge on any atom is -0.311 e. The van der Waals surface area contributed by atoms with E-state index in [0.717, 1.165) is 17.2 Å². The van der Waals surface area contributed by atoms with Gasteiger partial charge in [-0.05, 0) is 18.1 Å². The fraction of sp³-hybridized carbons (Fsp3) is 0.273. The maximum Gasteiger partial charge on any atom is 0.256 e. The zero-order valence-electron chi connectivity index (χ0n) is 9.85. The molecule has 0 aromatic carbocycles. The van der Waals surface area contributed by atoms with Crippen LogP contribution in [0.5, 0.6) is 0 Å². The maximum absolute atomic E-state index is 12.0. The third-order valence-electron chi connectivity index (χ3n) is 2.27. The molecule has 2 heterocycles. The van der Waals surface area contributed by atoms with Crippen LogP contribution in [0.1, 0.15) is 35.8 Å². The van der Waals surface area contributed by atoms with E-state index in [1.807, 2.05) is 13.8 Å². The van der Waals surface area contributed by atoms with Crippen molar-refractivity contribution in [2.24, 2.45) is 0 Å². The van der Waals surface area contributed by atoms with Crippen molar-refractivity contribution in [1.29, 1.82) is 0 Å². The zero-order chi connectivity index (χ0) is 13.1. The highest BCUT2D eigenvalue weighted by Gasteiger charge is 2.12. The number of rotatable bonds is 3. The monoisotopic (exact) mass is 282 g/mol. The number of amides is 1. The van der Waals surface area contributed by atoms with E-state index in [2.05, 4.69) is 19.9 Å². The Kier molecular flexibility index (Phi) is 3.88. The van der Waals surface area contributed by atoms with Crippen molar-refractivity contribution in [2.45, 2.75) is 19.8 Å². The summed E-state index contributed by atoms with van der Waals surface area (Å²) in [4.78, 5) is 16.2. The van der Waals surface area contributed by atoms with Gasteiger partial charge in [0, 0.05) is 22.8 Å². The van der Waals surface area contributed by atoms with Crippen molar-refractivity contribution in [1.82, 2.24) is 14.6 Å². The zero-order valence-corrected chi connectivity index (χ0v) is 11.4. The van der Waals surface area contributed by atoms with E-state index in [0.29, 0.717) is 15.7 Å². The van der Waals surface area contributed by atoms with Gasteiger partial charge < -0.3 is 5.32 Å². The molecule has 94 valence electrons. The third-order valence-corrected chi connectivity index (χ3v) is 3.04. The van der Waals surface area contributed by atoms with E-state index >= 15 is 0 Å². The van der Waals surface area contributed by atoms with Crippen LogP contribution in [0.25, 0.3) is 0 Å². The minimum absolute atomic E-state index is 0.209. The van der Waals surface area contributed by atoms with Crippen molar-refractivity contribution in [3.63, 3.8) is 0 Å². The van der Waals surface area contributed by atoms with E-state index in [9.17, 15) is 4.79 Å². The number of pyridine rings is 1. The highest BCUT2D eigenvalue weighted by Crippen LogP contribution is 2.19. The van der Waals surface area contributed by atoms with E-state index in [4.69, 9.17) is 11.6 Å². The summed E-state index contributed by atoms with van der Waals surface area (Å²) in [6.07, 6.45) is 1.49. The van der Waals surface area contributed by atoms with Crippen LogP contribution in [0, 0.1) is 0 Å². The predicted molar refractivity (Wildman–Crippen MR) is 71.2 cm³/mol. The number of halogens is 1. The van der Waals surface area contributed by atoms with Crippen molar-refractivity contribution in [3.8, 4) is 0 Å². The van der Waals surface area contributed by atoms with E-state index in [1.165, 1.54) is 12.3 Å². The molecule has 0 aliphatic rings. The second kappa shape index (κ2) is 5.41. The van der Waals surface area contributed by atoms with Gasteiger partial charge in [0.05, 0.1) is 6.20 Å². The average molecular weight is 283 g/mol. The lowest BCUT2D eigenvalue weighted by Crippen LogP contribution is -2.12. The van der Waals surface area contributed by atoms with Crippen LogP contribution in [0.4, 0.5) is 5.00 Å². The second-order valence-electron chi connectivity index (χ2n) is 3.99. The first-order valence-electron chi connectivity index (χ1n) is 5.32. The molecule has 2 aromatic rings. The number of aromatic nitrogens is 3. The second-order valence-corrected chi connectivity index (χ2v) is 5.17. The van der Waals surface area contributed by atoms with Crippen LogP contribution < -0.4 is 5.32 Å². The molecule has 1 amide bonds. The van der Waals surface area contributed by atoms with Gasteiger partial charge in [0.1, 0.15) is 10.2 Å². The SMILES string of the molecule is CC(C)c1cc(C(=O)Nc2cnns2)cc(Cl)n1. The van der Waals surface area contributed by atoms with Gasteiger partial charge in [0.15, 0.2) is 0 Å². The van der Waals surface area contributed by atoms with Gasteiger partial charge in [-0.3, -0.25) is 4.79 Å². The average Bonchev–Trinajstić information content (AvgIpc) is 2.80. The molecule has 0 saturated carbocycles. The van der Waals surface area contributed by atoms with E-state index < -0.39 is 0 Å². The first-order chi connectivity index (χ1) is 8.56. The molecule has 2 aromatic heterocycles. The topological polar surface area (TPSA) is 67.8 Å². The number of anilines is 1. The Hall–Kier alpha value is -1.53. The molecule has 1 N–H and O–H groups in total. The fourth-order valence-corrected chi connectivity index (χ4v) is 1.98. The Labute approximate surface area is 113 Å². The molecule has 0 aliphatic heterocycles. The van der Waals surface area contributed by atoms with E-state index in [1.54, 1.807) is 6.07 Å². The molecular formula is C11H11ClN4OS. The lowest BCUT2D eigenvalue weighted by Gasteiger charge is -2.08. The summed E-state index contributed by atoms with van der Waals surface area (Å²) >= 11 is 7.03. The number of nitrogens with one attached hydrogen (secondary N) is 1. The van der Waals surface area contributed by atoms with Crippen LogP contribution in [0.15, 0.2) is 18.3 Å². The molecule has 0 radical (unpaired) electrons. The van der Waals surface area contributed by atoms with Crippen molar-refractivity contribution < 1.29 is 4.79 Å². The number of carbonyl (C=O) groups excluding carboxylic acids is 1. The summed E-state index contributed by atoms with van der Waals surface area (Å²) in [6, 6.07) is 3.28. The predicted octanol–water partition coefficient (Wildman–Crippen LogP) is 2.96. The normalized spacial score (nSPS) is 10.7. The van der Waals surface area contributed by atoms with Gasteiger partial charge >= 0.3 is 0 Å². The Bertz CT molecular complexity index is 556. The molecule has 0 spiro atoms. The smallest absolute Gasteiger partial charge is 0.256 e.